The summed E-state index contributed by atoms with van der Waals surface area (Å²) in [5, 5.41) is 15.7. The lowest BCUT2D eigenvalue weighted by atomic mass is 9.64. The molecule has 1 heterocycles. The smallest absolute Gasteiger partial charge is 0.325 e. The van der Waals surface area contributed by atoms with Gasteiger partial charge in [-0.05, 0) is 24.8 Å². The SMILES string of the molecule is O=C(O)Cn1ccc(NC(=O)C2(Cc3ccccc3)CCC2)n1. The van der Waals surface area contributed by atoms with Gasteiger partial charge in [0.05, 0.1) is 5.41 Å². The molecule has 1 amide bonds. The first-order valence-electron chi connectivity index (χ1n) is 7.68. The maximum atomic E-state index is 12.7. The van der Waals surface area contributed by atoms with Crippen molar-refractivity contribution >= 4 is 17.7 Å². The number of carboxylic acids is 1. The van der Waals surface area contributed by atoms with Gasteiger partial charge in [0.15, 0.2) is 5.82 Å². The number of carboxylic acid groups (broad SMARTS) is 1. The second-order valence-electron chi connectivity index (χ2n) is 6.04. The molecule has 2 aromatic rings. The molecular weight excluding hydrogens is 294 g/mol. The second-order valence-corrected chi connectivity index (χ2v) is 6.04. The number of nitrogens with zero attached hydrogens (tertiary/aromatic N) is 2. The van der Waals surface area contributed by atoms with Crippen molar-refractivity contribution in [3.63, 3.8) is 0 Å². The highest BCUT2D eigenvalue weighted by Gasteiger charge is 2.44. The number of benzene rings is 1. The number of anilines is 1. The third kappa shape index (κ3) is 3.41. The van der Waals surface area contributed by atoms with Gasteiger partial charge in [0.2, 0.25) is 5.91 Å². The minimum atomic E-state index is -0.967. The van der Waals surface area contributed by atoms with Crippen molar-refractivity contribution in [2.75, 3.05) is 5.32 Å². The summed E-state index contributed by atoms with van der Waals surface area (Å²) in [7, 11) is 0. The van der Waals surface area contributed by atoms with E-state index in [-0.39, 0.29) is 17.9 Å². The van der Waals surface area contributed by atoms with Crippen LogP contribution in [0.25, 0.3) is 0 Å². The summed E-state index contributed by atoms with van der Waals surface area (Å²) in [5.74, 6) is -0.603. The molecule has 0 atom stereocenters. The molecule has 2 N–H and O–H groups in total. The van der Waals surface area contributed by atoms with E-state index >= 15 is 0 Å². The Morgan fingerprint density at radius 3 is 2.57 bits per heavy atom. The van der Waals surface area contributed by atoms with Crippen LogP contribution in [0.3, 0.4) is 0 Å². The van der Waals surface area contributed by atoms with Crippen LogP contribution in [-0.4, -0.2) is 26.8 Å². The number of amides is 1. The Morgan fingerprint density at radius 1 is 1.22 bits per heavy atom. The number of rotatable bonds is 6. The van der Waals surface area contributed by atoms with Crippen molar-refractivity contribution in [3.05, 3.63) is 48.2 Å². The summed E-state index contributed by atoms with van der Waals surface area (Å²) in [5.41, 5.74) is 0.775. The van der Waals surface area contributed by atoms with E-state index in [1.807, 2.05) is 30.3 Å². The normalized spacial score (nSPS) is 15.7. The van der Waals surface area contributed by atoms with Crippen molar-refractivity contribution < 1.29 is 14.7 Å². The summed E-state index contributed by atoms with van der Waals surface area (Å²) in [6.07, 6.45) is 5.05. The highest BCUT2D eigenvalue weighted by Crippen LogP contribution is 2.44. The van der Waals surface area contributed by atoms with Crippen LogP contribution in [0.2, 0.25) is 0 Å². The van der Waals surface area contributed by atoms with Crippen LogP contribution in [0.1, 0.15) is 24.8 Å². The zero-order valence-corrected chi connectivity index (χ0v) is 12.7. The number of aromatic nitrogens is 2. The van der Waals surface area contributed by atoms with Crippen LogP contribution in [0.4, 0.5) is 5.82 Å². The van der Waals surface area contributed by atoms with Crippen LogP contribution in [0.5, 0.6) is 0 Å². The molecule has 1 aliphatic rings. The van der Waals surface area contributed by atoms with Gasteiger partial charge in [0, 0.05) is 12.3 Å². The fourth-order valence-corrected chi connectivity index (χ4v) is 2.98. The van der Waals surface area contributed by atoms with Crippen LogP contribution in [0.15, 0.2) is 42.6 Å². The maximum absolute atomic E-state index is 12.7. The molecule has 0 radical (unpaired) electrons. The lowest BCUT2D eigenvalue weighted by molar-refractivity contribution is -0.137. The highest BCUT2D eigenvalue weighted by atomic mass is 16.4. The van der Waals surface area contributed by atoms with Crippen LogP contribution in [-0.2, 0) is 22.6 Å². The monoisotopic (exact) mass is 313 g/mol. The van der Waals surface area contributed by atoms with E-state index in [9.17, 15) is 9.59 Å². The lowest BCUT2D eigenvalue weighted by Crippen LogP contribution is -2.43. The molecule has 1 aromatic carbocycles. The second kappa shape index (κ2) is 6.24. The van der Waals surface area contributed by atoms with E-state index in [0.29, 0.717) is 5.82 Å². The Hall–Kier alpha value is -2.63. The zero-order chi connectivity index (χ0) is 16.3. The van der Waals surface area contributed by atoms with Gasteiger partial charge in [-0.25, -0.2) is 0 Å². The maximum Gasteiger partial charge on any atom is 0.325 e. The molecular formula is C17H19N3O3. The molecule has 0 aliphatic heterocycles. The van der Waals surface area contributed by atoms with Gasteiger partial charge in [0.25, 0.3) is 0 Å². The predicted molar refractivity (Wildman–Crippen MR) is 84.9 cm³/mol. The van der Waals surface area contributed by atoms with Crippen molar-refractivity contribution in [3.8, 4) is 0 Å². The average molecular weight is 313 g/mol. The Balaban J connectivity index is 1.68. The summed E-state index contributed by atoms with van der Waals surface area (Å²) in [6.45, 7) is -0.217. The molecule has 6 nitrogen and oxygen atoms in total. The quantitative estimate of drug-likeness (QED) is 0.857. The van der Waals surface area contributed by atoms with E-state index in [1.54, 1.807) is 12.3 Å². The number of nitrogens with one attached hydrogen (secondary N) is 1. The molecule has 0 spiro atoms. The summed E-state index contributed by atoms with van der Waals surface area (Å²) < 4.78 is 1.29. The lowest BCUT2D eigenvalue weighted by Gasteiger charge is -2.40. The first-order chi connectivity index (χ1) is 11.1. The Morgan fingerprint density at radius 2 is 1.96 bits per heavy atom. The molecule has 0 unspecified atom stereocenters. The molecule has 120 valence electrons. The van der Waals surface area contributed by atoms with Crippen molar-refractivity contribution in [1.29, 1.82) is 0 Å². The van der Waals surface area contributed by atoms with Gasteiger partial charge in [-0.3, -0.25) is 14.3 Å². The molecule has 0 saturated heterocycles. The Labute approximate surface area is 134 Å². The van der Waals surface area contributed by atoms with Crippen molar-refractivity contribution in [1.82, 2.24) is 9.78 Å². The average Bonchev–Trinajstić information content (AvgIpc) is 2.90. The van der Waals surface area contributed by atoms with E-state index in [4.69, 9.17) is 5.11 Å². The minimum absolute atomic E-state index is 0.0341. The third-order valence-corrected chi connectivity index (χ3v) is 4.36. The molecule has 1 aliphatic carbocycles. The van der Waals surface area contributed by atoms with Crippen molar-refractivity contribution in [2.45, 2.75) is 32.2 Å². The number of carbonyl (C=O) groups is 2. The molecule has 1 saturated carbocycles. The number of hydrogen-bond donors (Lipinski definition) is 2. The first-order valence-corrected chi connectivity index (χ1v) is 7.68. The number of carbonyl (C=O) groups excluding carboxylic acids is 1. The predicted octanol–water partition coefficient (Wildman–Crippen LogP) is 2.32. The highest BCUT2D eigenvalue weighted by molar-refractivity contribution is 5.95. The Kier molecular flexibility index (Phi) is 4.14. The molecule has 3 rings (SSSR count). The van der Waals surface area contributed by atoms with E-state index in [0.717, 1.165) is 31.2 Å². The Bertz CT molecular complexity index is 705. The minimum Gasteiger partial charge on any atom is -0.480 e. The largest absolute Gasteiger partial charge is 0.480 e. The number of aliphatic carboxylic acids is 1. The summed E-state index contributed by atoms with van der Waals surface area (Å²) in [4.78, 5) is 23.3. The van der Waals surface area contributed by atoms with E-state index in [2.05, 4.69) is 10.4 Å². The van der Waals surface area contributed by atoms with Crippen LogP contribution in [0, 0.1) is 5.41 Å². The van der Waals surface area contributed by atoms with Gasteiger partial charge in [-0.2, -0.15) is 5.10 Å². The van der Waals surface area contributed by atoms with Crippen LogP contribution >= 0.6 is 0 Å². The van der Waals surface area contributed by atoms with Gasteiger partial charge >= 0.3 is 5.97 Å². The van der Waals surface area contributed by atoms with Crippen LogP contribution < -0.4 is 5.32 Å². The van der Waals surface area contributed by atoms with E-state index < -0.39 is 5.97 Å². The molecule has 0 bridgehead atoms. The third-order valence-electron chi connectivity index (χ3n) is 4.36. The zero-order valence-electron chi connectivity index (χ0n) is 12.7. The molecule has 6 heteroatoms. The van der Waals surface area contributed by atoms with Gasteiger partial charge in [-0.1, -0.05) is 36.8 Å². The topological polar surface area (TPSA) is 84.2 Å². The van der Waals surface area contributed by atoms with Gasteiger partial charge in [0.1, 0.15) is 6.54 Å². The number of hydrogen-bond acceptors (Lipinski definition) is 3. The fraction of sp³-hybridized carbons (Fsp3) is 0.353. The first kappa shape index (κ1) is 15.3. The standard InChI is InChI=1S/C17H19N3O3/c21-15(22)12-20-10-7-14(19-20)18-16(23)17(8-4-9-17)11-13-5-2-1-3-6-13/h1-3,5-7,10H,4,8-9,11-12H2,(H,21,22)(H,18,19,23). The molecule has 23 heavy (non-hydrogen) atoms. The van der Waals surface area contributed by atoms with E-state index in [1.165, 1.54) is 4.68 Å². The van der Waals surface area contributed by atoms with Gasteiger partial charge in [-0.15, -0.1) is 0 Å². The summed E-state index contributed by atoms with van der Waals surface area (Å²) >= 11 is 0. The summed E-state index contributed by atoms with van der Waals surface area (Å²) in [6, 6.07) is 11.6. The van der Waals surface area contributed by atoms with Gasteiger partial charge < -0.3 is 10.4 Å². The molecule has 1 fully saturated rings. The van der Waals surface area contributed by atoms with Crippen molar-refractivity contribution in [2.24, 2.45) is 5.41 Å². The molecule has 1 aromatic heterocycles. The fourth-order valence-electron chi connectivity index (χ4n) is 2.98.